The molecule has 0 radical (unpaired) electrons. The summed E-state index contributed by atoms with van der Waals surface area (Å²) in [6.07, 6.45) is 1.08. The summed E-state index contributed by atoms with van der Waals surface area (Å²) in [7, 11) is 3.19. The zero-order chi connectivity index (χ0) is 20.8. The van der Waals surface area contributed by atoms with Gasteiger partial charge in [-0.05, 0) is 41.8 Å². The molecule has 1 aliphatic rings. The lowest BCUT2D eigenvalue weighted by Crippen LogP contribution is -2.46. The van der Waals surface area contributed by atoms with Crippen LogP contribution in [-0.4, -0.2) is 44.1 Å². The second-order valence-corrected chi connectivity index (χ2v) is 6.82. The standard InChI is InChI=1S/C22H27N3O4/c1-4-21(26)23-14-18-17-13-20(29-3)19(28-2)12-15(17)10-11-25(18)22(27)24-16-8-6-5-7-9-16/h5-9,12-13,18H,4,10-11,14H2,1-3H3,(H,23,26)(H,24,27)/t18-/m1/s1. The fourth-order valence-corrected chi connectivity index (χ4v) is 3.54. The van der Waals surface area contributed by atoms with Gasteiger partial charge in [0.25, 0.3) is 0 Å². The highest BCUT2D eigenvalue weighted by atomic mass is 16.5. The number of anilines is 1. The Hall–Kier alpha value is -3.22. The zero-order valence-electron chi connectivity index (χ0n) is 17.0. The monoisotopic (exact) mass is 397 g/mol. The first-order valence-electron chi connectivity index (χ1n) is 9.71. The molecule has 3 rings (SSSR count). The van der Waals surface area contributed by atoms with Crippen molar-refractivity contribution in [2.24, 2.45) is 0 Å². The topological polar surface area (TPSA) is 79.9 Å². The molecule has 1 atom stereocenters. The molecule has 2 N–H and O–H groups in total. The normalized spacial score (nSPS) is 15.3. The second-order valence-electron chi connectivity index (χ2n) is 6.82. The van der Waals surface area contributed by atoms with Crippen LogP contribution in [0, 0.1) is 0 Å². The van der Waals surface area contributed by atoms with E-state index in [0.29, 0.717) is 37.4 Å². The van der Waals surface area contributed by atoms with Gasteiger partial charge in [-0.1, -0.05) is 25.1 Å². The number of nitrogens with one attached hydrogen (secondary N) is 2. The van der Waals surface area contributed by atoms with Gasteiger partial charge in [0.2, 0.25) is 5.91 Å². The lowest BCUT2D eigenvalue weighted by molar-refractivity contribution is -0.121. The molecule has 0 aromatic heterocycles. The lowest BCUT2D eigenvalue weighted by atomic mass is 9.91. The van der Waals surface area contributed by atoms with Crippen molar-refractivity contribution >= 4 is 17.6 Å². The summed E-state index contributed by atoms with van der Waals surface area (Å²) in [5.74, 6) is 1.20. The minimum Gasteiger partial charge on any atom is -0.493 e. The SMILES string of the molecule is CCC(=O)NC[C@@H]1c2cc(OC)c(OC)cc2CCN1C(=O)Nc1ccccc1. The third kappa shape index (κ3) is 4.62. The minimum absolute atomic E-state index is 0.0546. The van der Waals surface area contributed by atoms with Gasteiger partial charge in [0.15, 0.2) is 11.5 Å². The van der Waals surface area contributed by atoms with Gasteiger partial charge >= 0.3 is 6.03 Å². The molecule has 154 valence electrons. The van der Waals surface area contributed by atoms with E-state index in [-0.39, 0.29) is 18.0 Å². The lowest BCUT2D eigenvalue weighted by Gasteiger charge is -2.37. The summed E-state index contributed by atoms with van der Waals surface area (Å²) in [4.78, 5) is 26.7. The van der Waals surface area contributed by atoms with E-state index < -0.39 is 0 Å². The number of benzene rings is 2. The van der Waals surface area contributed by atoms with E-state index in [9.17, 15) is 9.59 Å². The number of nitrogens with zero attached hydrogens (tertiary/aromatic N) is 1. The van der Waals surface area contributed by atoms with Crippen molar-refractivity contribution in [2.75, 3.05) is 32.6 Å². The molecule has 7 nitrogen and oxygen atoms in total. The zero-order valence-corrected chi connectivity index (χ0v) is 17.0. The Kier molecular flexibility index (Phi) is 6.59. The van der Waals surface area contributed by atoms with Gasteiger partial charge < -0.3 is 25.0 Å². The Labute approximate surface area is 171 Å². The molecule has 0 spiro atoms. The van der Waals surface area contributed by atoms with Crippen LogP contribution in [0.25, 0.3) is 0 Å². The first kappa shape index (κ1) is 20.5. The summed E-state index contributed by atoms with van der Waals surface area (Å²) in [5.41, 5.74) is 2.77. The number of carbonyl (C=O) groups is 2. The molecule has 0 unspecified atom stereocenters. The largest absolute Gasteiger partial charge is 0.493 e. The maximum atomic E-state index is 13.0. The molecule has 0 saturated heterocycles. The Morgan fingerprint density at radius 2 is 1.79 bits per heavy atom. The van der Waals surface area contributed by atoms with Crippen molar-refractivity contribution in [2.45, 2.75) is 25.8 Å². The third-order valence-corrected chi connectivity index (χ3v) is 5.10. The molecule has 2 aromatic rings. The van der Waals surface area contributed by atoms with Crippen LogP contribution in [0.4, 0.5) is 10.5 Å². The van der Waals surface area contributed by atoms with E-state index in [1.54, 1.807) is 26.0 Å². The molecule has 0 saturated carbocycles. The Morgan fingerprint density at radius 1 is 1.10 bits per heavy atom. The molecule has 0 aliphatic carbocycles. The van der Waals surface area contributed by atoms with E-state index in [4.69, 9.17) is 9.47 Å². The molecule has 1 heterocycles. The highest BCUT2D eigenvalue weighted by Gasteiger charge is 2.32. The number of para-hydroxylation sites is 1. The average molecular weight is 397 g/mol. The Balaban J connectivity index is 1.92. The van der Waals surface area contributed by atoms with Crippen molar-refractivity contribution in [3.05, 3.63) is 53.6 Å². The van der Waals surface area contributed by atoms with Crippen LogP contribution in [0.2, 0.25) is 0 Å². The van der Waals surface area contributed by atoms with Gasteiger partial charge in [-0.25, -0.2) is 4.79 Å². The van der Waals surface area contributed by atoms with Crippen molar-refractivity contribution in [1.29, 1.82) is 0 Å². The van der Waals surface area contributed by atoms with Gasteiger partial charge in [0, 0.05) is 25.2 Å². The highest BCUT2D eigenvalue weighted by Crippen LogP contribution is 2.38. The number of rotatable bonds is 6. The summed E-state index contributed by atoms with van der Waals surface area (Å²) in [6.45, 7) is 2.67. The van der Waals surface area contributed by atoms with Crippen LogP contribution in [0.15, 0.2) is 42.5 Å². The number of urea groups is 1. The number of carbonyl (C=O) groups excluding carboxylic acids is 2. The number of methoxy groups -OCH3 is 2. The first-order chi connectivity index (χ1) is 14.1. The fourth-order valence-electron chi connectivity index (χ4n) is 3.54. The smallest absolute Gasteiger partial charge is 0.322 e. The van der Waals surface area contributed by atoms with Crippen molar-refractivity contribution in [3.63, 3.8) is 0 Å². The van der Waals surface area contributed by atoms with Crippen LogP contribution in [-0.2, 0) is 11.2 Å². The van der Waals surface area contributed by atoms with Gasteiger partial charge in [-0.15, -0.1) is 0 Å². The molecule has 2 aromatic carbocycles. The first-order valence-corrected chi connectivity index (χ1v) is 9.71. The summed E-state index contributed by atoms with van der Waals surface area (Å²) in [6, 6.07) is 12.7. The average Bonchev–Trinajstić information content (AvgIpc) is 2.76. The molecule has 0 fully saturated rings. The molecular formula is C22H27N3O4. The number of hydrogen-bond donors (Lipinski definition) is 2. The molecule has 7 heteroatoms. The van der Waals surface area contributed by atoms with Crippen molar-refractivity contribution in [1.82, 2.24) is 10.2 Å². The van der Waals surface area contributed by atoms with Gasteiger partial charge in [0.1, 0.15) is 0 Å². The van der Waals surface area contributed by atoms with E-state index in [0.717, 1.165) is 16.8 Å². The fraction of sp³-hybridized carbons (Fsp3) is 0.364. The summed E-state index contributed by atoms with van der Waals surface area (Å²) >= 11 is 0. The van der Waals surface area contributed by atoms with Gasteiger partial charge in [0.05, 0.1) is 20.3 Å². The molecular weight excluding hydrogens is 370 g/mol. The molecule has 29 heavy (non-hydrogen) atoms. The minimum atomic E-state index is -0.308. The van der Waals surface area contributed by atoms with Crippen molar-refractivity contribution in [3.8, 4) is 11.5 Å². The predicted molar refractivity (Wildman–Crippen MR) is 111 cm³/mol. The van der Waals surface area contributed by atoms with Gasteiger partial charge in [-0.2, -0.15) is 0 Å². The van der Waals surface area contributed by atoms with Crippen LogP contribution in [0.1, 0.15) is 30.5 Å². The Morgan fingerprint density at radius 3 is 2.45 bits per heavy atom. The van der Waals surface area contributed by atoms with E-state index in [1.165, 1.54) is 0 Å². The van der Waals surface area contributed by atoms with Gasteiger partial charge in [-0.3, -0.25) is 4.79 Å². The quantitative estimate of drug-likeness (QED) is 0.783. The molecule has 0 bridgehead atoms. The van der Waals surface area contributed by atoms with Crippen LogP contribution in [0.3, 0.4) is 0 Å². The van der Waals surface area contributed by atoms with Crippen LogP contribution < -0.4 is 20.1 Å². The summed E-state index contributed by atoms with van der Waals surface area (Å²) < 4.78 is 10.9. The molecule has 3 amide bonds. The third-order valence-electron chi connectivity index (χ3n) is 5.10. The number of amides is 3. The summed E-state index contributed by atoms with van der Waals surface area (Å²) in [5, 5.41) is 5.87. The van der Waals surface area contributed by atoms with E-state index in [1.807, 2.05) is 42.5 Å². The number of hydrogen-bond acceptors (Lipinski definition) is 4. The highest BCUT2D eigenvalue weighted by molar-refractivity contribution is 5.90. The number of fused-ring (bicyclic) bond motifs is 1. The van der Waals surface area contributed by atoms with E-state index in [2.05, 4.69) is 10.6 Å². The predicted octanol–water partition coefficient (Wildman–Crippen LogP) is 3.36. The van der Waals surface area contributed by atoms with Crippen LogP contribution in [0.5, 0.6) is 11.5 Å². The van der Waals surface area contributed by atoms with Crippen LogP contribution >= 0.6 is 0 Å². The Bertz CT molecular complexity index is 870. The number of ether oxygens (including phenoxy) is 2. The van der Waals surface area contributed by atoms with E-state index >= 15 is 0 Å². The maximum Gasteiger partial charge on any atom is 0.322 e. The second kappa shape index (κ2) is 9.32. The van der Waals surface area contributed by atoms with Crippen molar-refractivity contribution < 1.29 is 19.1 Å². The molecule has 1 aliphatic heterocycles. The maximum absolute atomic E-state index is 13.0.